The zero-order valence-corrected chi connectivity index (χ0v) is 17.3. The summed E-state index contributed by atoms with van der Waals surface area (Å²) in [5.41, 5.74) is 0.651. The summed E-state index contributed by atoms with van der Waals surface area (Å²) < 4.78 is 0. The Morgan fingerprint density at radius 3 is 2.23 bits per heavy atom. The van der Waals surface area contributed by atoms with Crippen molar-refractivity contribution in [3.8, 4) is 0 Å². The number of pyridine rings is 1. The smallest absolute Gasteiger partial charge is 0.229 e. The normalized spacial score (nSPS) is 31.3. The molecule has 1 amide bonds. The van der Waals surface area contributed by atoms with Crippen LogP contribution in [0.3, 0.4) is 0 Å². The Morgan fingerprint density at radius 1 is 1.00 bits per heavy atom. The molecule has 6 heteroatoms. The first-order chi connectivity index (χ1) is 14.6. The molecule has 0 aromatic carbocycles. The van der Waals surface area contributed by atoms with Crippen LogP contribution >= 0.6 is 0 Å². The molecule has 4 aliphatic rings. The van der Waals surface area contributed by atoms with E-state index < -0.39 is 5.41 Å². The average Bonchev–Trinajstić information content (AvgIpc) is 2.73. The third-order valence-electron chi connectivity index (χ3n) is 7.63. The van der Waals surface area contributed by atoms with Crippen molar-refractivity contribution in [3.05, 3.63) is 54.4 Å². The summed E-state index contributed by atoms with van der Waals surface area (Å²) in [4.78, 5) is 26.5. The number of nitrogens with one attached hydrogen (secondary N) is 1. The first-order valence-electron chi connectivity index (χ1n) is 11.2. The molecule has 0 aliphatic heterocycles. The molecule has 4 aliphatic carbocycles. The standard InChI is InChI=1S/C24H30N4O2/c29-16-23(10-17-1-3-25-4-2-17,14-21-15-26-5-6-27-21)22(30)28-24-11-18-7-19(12-24)9-20(8-18)13-24/h1-6,15,18-20,29H,7-14,16H2,(H,28,30). The number of amides is 1. The largest absolute Gasteiger partial charge is 0.395 e. The molecular weight excluding hydrogens is 376 g/mol. The number of aromatic nitrogens is 3. The average molecular weight is 407 g/mol. The first-order valence-corrected chi connectivity index (χ1v) is 11.2. The summed E-state index contributed by atoms with van der Waals surface area (Å²) in [7, 11) is 0. The van der Waals surface area contributed by atoms with E-state index in [0.717, 1.165) is 48.3 Å². The van der Waals surface area contributed by atoms with Crippen molar-refractivity contribution in [2.75, 3.05) is 6.61 Å². The Bertz CT molecular complexity index is 810. The topological polar surface area (TPSA) is 88.0 Å². The van der Waals surface area contributed by atoms with Crippen molar-refractivity contribution in [1.82, 2.24) is 20.3 Å². The minimum absolute atomic E-state index is 0.0468. The molecular formula is C24H30N4O2. The van der Waals surface area contributed by atoms with Crippen LogP contribution in [-0.2, 0) is 17.6 Å². The molecule has 2 aromatic rings. The van der Waals surface area contributed by atoms with Gasteiger partial charge in [-0.15, -0.1) is 0 Å². The van der Waals surface area contributed by atoms with Crippen LogP contribution in [0.1, 0.15) is 49.8 Å². The maximum Gasteiger partial charge on any atom is 0.229 e. The lowest BCUT2D eigenvalue weighted by Gasteiger charge is -2.57. The fourth-order valence-electron chi connectivity index (χ4n) is 6.70. The number of carbonyl (C=O) groups is 1. The molecule has 0 saturated heterocycles. The lowest BCUT2D eigenvalue weighted by molar-refractivity contribution is -0.139. The molecule has 158 valence electrons. The second-order valence-corrected chi connectivity index (χ2v) is 10.00. The Morgan fingerprint density at radius 2 is 1.67 bits per heavy atom. The van der Waals surface area contributed by atoms with Crippen molar-refractivity contribution in [3.63, 3.8) is 0 Å². The van der Waals surface area contributed by atoms with Crippen molar-refractivity contribution in [1.29, 1.82) is 0 Å². The van der Waals surface area contributed by atoms with Crippen LogP contribution in [0.4, 0.5) is 0 Å². The summed E-state index contributed by atoms with van der Waals surface area (Å²) >= 11 is 0. The van der Waals surface area contributed by atoms with Gasteiger partial charge in [0.05, 0.1) is 17.7 Å². The van der Waals surface area contributed by atoms with Gasteiger partial charge in [-0.1, -0.05) is 0 Å². The maximum atomic E-state index is 13.9. The molecule has 6 rings (SSSR count). The molecule has 4 fully saturated rings. The Hall–Kier alpha value is -2.34. The van der Waals surface area contributed by atoms with Crippen LogP contribution < -0.4 is 5.32 Å². The highest BCUT2D eigenvalue weighted by Crippen LogP contribution is 2.55. The summed E-state index contributed by atoms with van der Waals surface area (Å²) in [5, 5.41) is 14.1. The fraction of sp³-hybridized carbons (Fsp3) is 0.583. The van der Waals surface area contributed by atoms with Crippen LogP contribution in [-0.4, -0.2) is 38.1 Å². The van der Waals surface area contributed by atoms with E-state index in [4.69, 9.17) is 0 Å². The number of aliphatic hydroxyl groups is 1. The predicted octanol–water partition coefficient (Wildman–Crippen LogP) is 2.72. The Labute approximate surface area is 177 Å². The molecule has 0 radical (unpaired) electrons. The summed E-state index contributed by atoms with van der Waals surface area (Å²) in [6, 6.07) is 3.83. The van der Waals surface area contributed by atoms with E-state index in [1.165, 1.54) is 19.3 Å². The van der Waals surface area contributed by atoms with E-state index >= 15 is 0 Å². The van der Waals surface area contributed by atoms with Gasteiger partial charge in [-0.05, 0) is 80.4 Å². The van der Waals surface area contributed by atoms with E-state index in [1.54, 1.807) is 31.0 Å². The number of rotatable bonds is 7. The van der Waals surface area contributed by atoms with Crippen molar-refractivity contribution in [2.45, 2.75) is 56.9 Å². The SMILES string of the molecule is O=C(NC12CC3CC(CC(C3)C1)C2)C(CO)(Cc1ccncc1)Cc1cnccn1. The minimum atomic E-state index is -0.972. The van der Waals surface area contributed by atoms with E-state index in [2.05, 4.69) is 20.3 Å². The fourth-order valence-corrected chi connectivity index (χ4v) is 6.70. The van der Waals surface area contributed by atoms with E-state index in [1.807, 2.05) is 12.1 Å². The van der Waals surface area contributed by atoms with Gasteiger partial charge in [0.15, 0.2) is 0 Å². The number of carbonyl (C=O) groups excluding carboxylic acids is 1. The van der Waals surface area contributed by atoms with E-state index in [0.29, 0.717) is 12.8 Å². The highest BCUT2D eigenvalue weighted by molar-refractivity contribution is 5.84. The van der Waals surface area contributed by atoms with Gasteiger partial charge in [0, 0.05) is 42.9 Å². The second kappa shape index (κ2) is 7.73. The zero-order valence-electron chi connectivity index (χ0n) is 17.3. The first kappa shape index (κ1) is 19.6. The Balaban J connectivity index is 1.43. The van der Waals surface area contributed by atoms with Crippen LogP contribution in [0, 0.1) is 23.2 Å². The predicted molar refractivity (Wildman–Crippen MR) is 112 cm³/mol. The highest BCUT2D eigenvalue weighted by atomic mass is 16.3. The number of hydrogen-bond donors (Lipinski definition) is 2. The number of aliphatic hydroxyl groups excluding tert-OH is 1. The van der Waals surface area contributed by atoms with Gasteiger partial charge in [0.25, 0.3) is 0 Å². The zero-order chi connectivity index (χ0) is 20.6. The molecule has 4 bridgehead atoms. The Kier molecular flexibility index (Phi) is 5.05. The quantitative estimate of drug-likeness (QED) is 0.738. The summed E-state index contributed by atoms with van der Waals surface area (Å²) in [6.07, 6.45) is 16.5. The van der Waals surface area contributed by atoms with Gasteiger partial charge in [0.1, 0.15) is 0 Å². The molecule has 1 unspecified atom stereocenters. The lowest BCUT2D eigenvalue weighted by atomic mass is 9.53. The molecule has 2 N–H and O–H groups in total. The van der Waals surface area contributed by atoms with Crippen LogP contribution in [0.2, 0.25) is 0 Å². The van der Waals surface area contributed by atoms with Crippen LogP contribution in [0.15, 0.2) is 43.1 Å². The van der Waals surface area contributed by atoms with E-state index in [-0.39, 0.29) is 18.1 Å². The summed E-state index contributed by atoms with van der Waals surface area (Å²) in [6.45, 7) is -0.232. The van der Waals surface area contributed by atoms with Gasteiger partial charge >= 0.3 is 0 Å². The van der Waals surface area contributed by atoms with Gasteiger partial charge in [-0.3, -0.25) is 19.7 Å². The highest BCUT2D eigenvalue weighted by Gasteiger charge is 2.53. The molecule has 6 nitrogen and oxygen atoms in total. The van der Waals surface area contributed by atoms with Gasteiger partial charge in [0.2, 0.25) is 5.91 Å². The summed E-state index contributed by atoms with van der Waals surface area (Å²) in [5.74, 6) is 2.20. The van der Waals surface area contributed by atoms with Crippen LogP contribution in [0.5, 0.6) is 0 Å². The monoisotopic (exact) mass is 406 g/mol. The van der Waals surface area contributed by atoms with Gasteiger partial charge < -0.3 is 10.4 Å². The third kappa shape index (κ3) is 3.73. The molecule has 1 atom stereocenters. The van der Waals surface area contributed by atoms with Crippen molar-refractivity contribution < 1.29 is 9.90 Å². The molecule has 0 spiro atoms. The van der Waals surface area contributed by atoms with Gasteiger partial charge in [-0.2, -0.15) is 0 Å². The van der Waals surface area contributed by atoms with Crippen molar-refractivity contribution >= 4 is 5.91 Å². The molecule has 30 heavy (non-hydrogen) atoms. The lowest BCUT2D eigenvalue weighted by Crippen LogP contribution is -2.63. The van der Waals surface area contributed by atoms with Gasteiger partial charge in [-0.25, -0.2) is 0 Å². The minimum Gasteiger partial charge on any atom is -0.395 e. The number of nitrogens with zero attached hydrogens (tertiary/aromatic N) is 3. The number of hydrogen-bond acceptors (Lipinski definition) is 5. The second-order valence-electron chi connectivity index (χ2n) is 10.00. The van der Waals surface area contributed by atoms with E-state index in [9.17, 15) is 9.90 Å². The maximum absolute atomic E-state index is 13.9. The van der Waals surface area contributed by atoms with Crippen molar-refractivity contribution in [2.24, 2.45) is 23.2 Å². The van der Waals surface area contributed by atoms with Crippen LogP contribution in [0.25, 0.3) is 0 Å². The third-order valence-corrected chi connectivity index (χ3v) is 7.63. The molecule has 2 aromatic heterocycles. The molecule has 2 heterocycles. The molecule has 4 saturated carbocycles.